The SMILES string of the molecule is CC[SH+](=O)c1cc(C2(C#N)CC2)cnc1-c1nc2c(n1C)[N-]NC(C(F)(F)F)=C2. The molecule has 0 bridgehead atoms. The Bertz CT molecular complexity index is 1090. The number of aromatic nitrogens is 3. The van der Waals surface area contributed by atoms with Crippen LogP contribution in [-0.2, 0) is 27.5 Å². The Kier molecular flexibility index (Phi) is 4.42. The fourth-order valence-corrected chi connectivity index (χ4v) is 4.23. The van der Waals surface area contributed by atoms with Crippen molar-refractivity contribution in [3.05, 3.63) is 34.6 Å². The minimum absolute atomic E-state index is 0.0489. The lowest BCUT2D eigenvalue weighted by atomic mass is 9.99. The van der Waals surface area contributed by atoms with Crippen LogP contribution in [-0.4, -0.2) is 26.5 Å². The third-order valence-corrected chi connectivity index (χ3v) is 6.56. The van der Waals surface area contributed by atoms with Crippen LogP contribution in [0, 0.1) is 11.3 Å². The Morgan fingerprint density at radius 1 is 1.45 bits per heavy atom. The van der Waals surface area contributed by atoms with Crippen molar-refractivity contribution in [3.63, 3.8) is 0 Å². The Balaban J connectivity index is 1.84. The van der Waals surface area contributed by atoms with Gasteiger partial charge in [0.25, 0.3) is 0 Å². The molecule has 1 unspecified atom stereocenters. The average molecular weight is 422 g/mol. The normalized spacial score (nSPS) is 18.0. The van der Waals surface area contributed by atoms with Crippen LogP contribution in [0.1, 0.15) is 31.0 Å². The zero-order valence-electron chi connectivity index (χ0n) is 15.6. The lowest BCUT2D eigenvalue weighted by Gasteiger charge is -2.26. The molecule has 1 N–H and O–H groups in total. The molecule has 2 aromatic rings. The topological polar surface area (TPSA) is 97.7 Å². The van der Waals surface area contributed by atoms with E-state index in [9.17, 15) is 22.6 Å². The summed E-state index contributed by atoms with van der Waals surface area (Å²) in [7, 11) is -0.202. The Labute approximate surface area is 167 Å². The van der Waals surface area contributed by atoms with Gasteiger partial charge in [-0.1, -0.05) is 7.05 Å². The highest BCUT2D eigenvalue weighted by atomic mass is 32.2. The Hall–Kier alpha value is -2.87. The summed E-state index contributed by atoms with van der Waals surface area (Å²) in [5.41, 5.74) is 5.26. The molecule has 11 heteroatoms. The summed E-state index contributed by atoms with van der Waals surface area (Å²) in [5, 5.41) is 9.44. The van der Waals surface area contributed by atoms with E-state index in [1.165, 1.54) is 4.57 Å². The molecule has 4 rings (SSSR count). The molecule has 29 heavy (non-hydrogen) atoms. The van der Waals surface area contributed by atoms with Gasteiger partial charge in [-0.05, 0) is 37.2 Å². The van der Waals surface area contributed by atoms with Crippen LogP contribution in [0.5, 0.6) is 0 Å². The lowest BCUT2D eigenvalue weighted by molar-refractivity contribution is -0.0947. The number of pyridine rings is 1. The van der Waals surface area contributed by atoms with E-state index in [0.29, 0.717) is 21.9 Å². The number of hydrogen-bond donors (Lipinski definition) is 1. The number of allylic oxidation sites excluding steroid dienone is 1. The van der Waals surface area contributed by atoms with Gasteiger partial charge in [0, 0.05) is 12.3 Å². The molecule has 1 saturated carbocycles. The van der Waals surface area contributed by atoms with Crippen molar-refractivity contribution in [2.45, 2.75) is 36.3 Å². The molecule has 0 radical (unpaired) electrons. The van der Waals surface area contributed by atoms with Gasteiger partial charge in [0.15, 0.2) is 4.90 Å². The molecule has 0 saturated heterocycles. The second-order valence-corrected chi connectivity index (χ2v) is 8.83. The van der Waals surface area contributed by atoms with E-state index in [1.807, 2.05) is 5.43 Å². The summed E-state index contributed by atoms with van der Waals surface area (Å²) >= 11 is 0. The molecule has 1 fully saturated rings. The minimum atomic E-state index is -4.58. The van der Waals surface area contributed by atoms with Crippen molar-refractivity contribution < 1.29 is 17.4 Å². The molecular weight excluding hydrogens is 405 g/mol. The third-order valence-electron chi connectivity index (χ3n) is 5.11. The van der Waals surface area contributed by atoms with Crippen molar-refractivity contribution in [1.29, 1.82) is 5.26 Å². The number of alkyl halides is 3. The van der Waals surface area contributed by atoms with Crippen molar-refractivity contribution in [1.82, 2.24) is 20.0 Å². The van der Waals surface area contributed by atoms with Crippen LogP contribution in [0.4, 0.5) is 19.0 Å². The second kappa shape index (κ2) is 6.59. The number of halogens is 3. The summed E-state index contributed by atoms with van der Waals surface area (Å²) < 4.78 is 53.2. The van der Waals surface area contributed by atoms with Gasteiger partial charge in [-0.3, -0.25) is 4.98 Å². The van der Waals surface area contributed by atoms with E-state index in [2.05, 4.69) is 21.5 Å². The summed E-state index contributed by atoms with van der Waals surface area (Å²) in [6.07, 6.45) is -0.688. The van der Waals surface area contributed by atoms with Crippen LogP contribution in [0.25, 0.3) is 23.0 Å². The molecule has 7 nitrogen and oxygen atoms in total. The maximum absolute atomic E-state index is 13.0. The zero-order chi connectivity index (χ0) is 21.0. The van der Waals surface area contributed by atoms with E-state index in [1.54, 1.807) is 26.2 Å². The summed E-state index contributed by atoms with van der Waals surface area (Å²) in [6.45, 7) is 1.77. The average Bonchev–Trinajstić information content (AvgIpc) is 3.44. The number of nitrogens with zero attached hydrogens (tertiary/aromatic N) is 5. The van der Waals surface area contributed by atoms with Gasteiger partial charge >= 0.3 is 6.18 Å². The Morgan fingerprint density at radius 3 is 2.76 bits per heavy atom. The first-order valence-electron chi connectivity index (χ1n) is 8.89. The van der Waals surface area contributed by atoms with Gasteiger partial charge in [0.1, 0.15) is 27.9 Å². The molecule has 2 aromatic heterocycles. The molecule has 0 aromatic carbocycles. The highest BCUT2D eigenvalue weighted by Crippen LogP contribution is 2.48. The van der Waals surface area contributed by atoms with Gasteiger partial charge in [-0.15, -0.1) is 4.21 Å². The predicted molar refractivity (Wildman–Crippen MR) is 101 cm³/mol. The van der Waals surface area contributed by atoms with Crippen LogP contribution >= 0.6 is 0 Å². The van der Waals surface area contributed by atoms with Gasteiger partial charge < -0.3 is 15.4 Å². The molecule has 2 aliphatic rings. The standard InChI is InChI=1S/C18H16F3N6OS/c1-3-29(28)12-6-10(17(9-22)4-5-17)8-23-14(12)16-24-11-7-13(18(19,20)21)25-26-15(11)27(16)2/h6-8,25H,3-5H2,1-2H3/q-1/p+1. The number of fused-ring (bicyclic) bond motifs is 1. The maximum atomic E-state index is 13.0. The zero-order valence-corrected chi connectivity index (χ0v) is 16.5. The molecule has 1 aliphatic heterocycles. The number of hydrogen-bond acceptors (Lipinski definition) is 5. The number of nitriles is 1. The van der Waals surface area contributed by atoms with E-state index in [-0.39, 0.29) is 17.3 Å². The third kappa shape index (κ3) is 3.17. The number of thiol groups is 1. The molecule has 1 aliphatic carbocycles. The van der Waals surface area contributed by atoms with E-state index < -0.39 is 28.1 Å². The van der Waals surface area contributed by atoms with Crippen LogP contribution < -0.4 is 5.43 Å². The van der Waals surface area contributed by atoms with Gasteiger partial charge in [-0.2, -0.15) is 18.4 Å². The highest BCUT2D eigenvalue weighted by molar-refractivity contribution is 7.85. The van der Waals surface area contributed by atoms with Crippen LogP contribution in [0.3, 0.4) is 0 Å². The fourth-order valence-electron chi connectivity index (χ4n) is 3.22. The second-order valence-electron chi connectivity index (χ2n) is 6.96. The van der Waals surface area contributed by atoms with Crippen molar-refractivity contribution in [2.75, 3.05) is 5.75 Å². The summed E-state index contributed by atoms with van der Waals surface area (Å²) in [5.74, 6) is 0.842. The van der Waals surface area contributed by atoms with Gasteiger partial charge in [0.2, 0.25) is 0 Å². The molecular formula is C18H17F3N6OS. The number of rotatable bonds is 4. The van der Waals surface area contributed by atoms with E-state index in [4.69, 9.17) is 0 Å². The first-order valence-corrected chi connectivity index (χ1v) is 10.3. The fraction of sp³-hybridized carbons (Fsp3) is 0.389. The smallest absolute Gasteiger partial charge is 0.427 e. The first kappa shape index (κ1) is 19.4. The lowest BCUT2D eigenvalue weighted by Crippen LogP contribution is -2.24. The largest absolute Gasteiger partial charge is 0.431 e. The van der Waals surface area contributed by atoms with E-state index in [0.717, 1.165) is 18.9 Å². The van der Waals surface area contributed by atoms with Gasteiger partial charge in [0.05, 0.1) is 23.0 Å². The van der Waals surface area contributed by atoms with Crippen molar-refractivity contribution in [2.24, 2.45) is 7.05 Å². The summed E-state index contributed by atoms with van der Waals surface area (Å²) in [6, 6.07) is 4.01. The maximum Gasteiger partial charge on any atom is 0.431 e. The Morgan fingerprint density at radius 2 is 2.17 bits per heavy atom. The summed E-state index contributed by atoms with van der Waals surface area (Å²) in [4.78, 5) is 9.15. The number of nitrogens with one attached hydrogen (secondary N) is 1. The van der Waals surface area contributed by atoms with Crippen LogP contribution in [0.2, 0.25) is 0 Å². The quantitative estimate of drug-likeness (QED) is 0.600. The highest BCUT2D eigenvalue weighted by Gasteiger charge is 2.46. The van der Waals surface area contributed by atoms with Gasteiger partial charge in [-0.25, -0.2) is 4.98 Å². The molecule has 1 atom stereocenters. The number of imidazole rings is 1. The van der Waals surface area contributed by atoms with Crippen molar-refractivity contribution >= 4 is 22.7 Å². The minimum Gasteiger partial charge on any atom is -0.427 e. The van der Waals surface area contributed by atoms with E-state index >= 15 is 0 Å². The first-order chi connectivity index (χ1) is 13.7. The van der Waals surface area contributed by atoms with Crippen molar-refractivity contribution in [3.8, 4) is 17.6 Å². The molecule has 0 amide bonds. The monoisotopic (exact) mass is 422 g/mol. The predicted octanol–water partition coefficient (Wildman–Crippen LogP) is 3.54. The molecule has 0 spiro atoms. The molecule has 3 heterocycles. The van der Waals surface area contributed by atoms with Crippen LogP contribution in [0.15, 0.2) is 22.9 Å². The molecule has 152 valence electrons.